The van der Waals surface area contributed by atoms with Crippen LogP contribution in [0.15, 0.2) is 4.42 Å². The number of hydrogen-bond donors (Lipinski definition) is 5. The van der Waals surface area contributed by atoms with E-state index >= 15 is 0 Å². The van der Waals surface area contributed by atoms with Crippen molar-refractivity contribution in [2.45, 2.75) is 44.6 Å². The topological polar surface area (TPSA) is 150 Å². The molecular formula is C12H16O9. The van der Waals surface area contributed by atoms with Crippen molar-refractivity contribution in [2.75, 3.05) is 0 Å². The lowest BCUT2D eigenvalue weighted by molar-refractivity contribution is -0.271. The van der Waals surface area contributed by atoms with Crippen LogP contribution in [0, 0.1) is 13.8 Å². The maximum Gasteiger partial charge on any atom is 0.335 e. The van der Waals surface area contributed by atoms with Crippen molar-refractivity contribution in [3.05, 3.63) is 11.5 Å². The molecule has 0 bridgehead atoms. The number of aryl methyl sites for hydroxylation is 2. The van der Waals surface area contributed by atoms with Crippen molar-refractivity contribution in [1.29, 1.82) is 0 Å². The molecule has 1 aliphatic rings. The van der Waals surface area contributed by atoms with E-state index in [9.17, 15) is 25.2 Å². The number of carbonyl (C=O) groups is 1. The number of aliphatic hydroxyl groups excluding tert-OH is 3. The molecule has 1 saturated heterocycles. The Labute approximate surface area is 118 Å². The molecule has 0 unspecified atom stereocenters. The molecule has 0 radical (unpaired) electrons. The van der Waals surface area contributed by atoms with Crippen LogP contribution in [0.2, 0.25) is 0 Å². The van der Waals surface area contributed by atoms with Gasteiger partial charge in [-0.05, 0) is 13.8 Å². The van der Waals surface area contributed by atoms with Gasteiger partial charge in [0.25, 0.3) is 0 Å². The molecule has 0 aromatic carbocycles. The normalized spacial score (nSPS) is 32.9. The molecule has 1 aliphatic heterocycles. The third-order valence-corrected chi connectivity index (χ3v) is 3.22. The van der Waals surface area contributed by atoms with Crippen LogP contribution < -0.4 is 4.74 Å². The number of aliphatic hydroxyl groups is 3. The Bertz CT molecular complexity index is 537. The van der Waals surface area contributed by atoms with Crippen molar-refractivity contribution in [3.63, 3.8) is 0 Å². The van der Waals surface area contributed by atoms with E-state index in [-0.39, 0.29) is 23.0 Å². The number of furan rings is 1. The Hall–Kier alpha value is -1.81. The summed E-state index contributed by atoms with van der Waals surface area (Å²) >= 11 is 0. The van der Waals surface area contributed by atoms with Gasteiger partial charge in [0, 0.05) is 0 Å². The van der Waals surface area contributed by atoms with Gasteiger partial charge in [0.2, 0.25) is 12.0 Å². The molecule has 0 amide bonds. The fraction of sp³-hybridized carbons (Fsp3) is 0.583. The Morgan fingerprint density at radius 3 is 2.19 bits per heavy atom. The molecule has 5 atom stereocenters. The lowest BCUT2D eigenvalue weighted by atomic mass is 9.99. The summed E-state index contributed by atoms with van der Waals surface area (Å²) in [6.07, 6.45) is -8.65. The van der Waals surface area contributed by atoms with Crippen LogP contribution in [-0.2, 0) is 9.53 Å². The van der Waals surface area contributed by atoms with Crippen molar-refractivity contribution < 1.29 is 44.2 Å². The first-order valence-electron chi connectivity index (χ1n) is 6.12. The molecule has 118 valence electrons. The maximum atomic E-state index is 11.0. The zero-order chi connectivity index (χ0) is 15.9. The van der Waals surface area contributed by atoms with Gasteiger partial charge in [0.15, 0.2) is 11.9 Å². The Kier molecular flexibility index (Phi) is 4.10. The first kappa shape index (κ1) is 15.6. The van der Waals surface area contributed by atoms with Gasteiger partial charge in [-0.3, -0.25) is 0 Å². The fourth-order valence-electron chi connectivity index (χ4n) is 2.06. The monoisotopic (exact) mass is 304 g/mol. The smallest absolute Gasteiger partial charge is 0.335 e. The third-order valence-electron chi connectivity index (χ3n) is 3.22. The molecule has 9 heteroatoms. The number of aromatic hydroxyl groups is 1. The minimum absolute atomic E-state index is 0.135. The summed E-state index contributed by atoms with van der Waals surface area (Å²) < 4.78 is 15.2. The third kappa shape index (κ3) is 2.68. The zero-order valence-corrected chi connectivity index (χ0v) is 11.3. The maximum absolute atomic E-state index is 11.0. The number of carboxylic acid groups (broad SMARTS) is 1. The zero-order valence-electron chi connectivity index (χ0n) is 11.3. The van der Waals surface area contributed by atoms with Crippen LogP contribution in [0.4, 0.5) is 0 Å². The fourth-order valence-corrected chi connectivity index (χ4v) is 2.06. The minimum Gasteiger partial charge on any atom is -0.502 e. The summed E-state index contributed by atoms with van der Waals surface area (Å²) in [6.45, 7) is 2.96. The van der Waals surface area contributed by atoms with E-state index in [4.69, 9.17) is 19.0 Å². The number of rotatable bonds is 3. The molecule has 2 heterocycles. The lowest BCUT2D eigenvalue weighted by Gasteiger charge is -2.38. The van der Waals surface area contributed by atoms with E-state index in [1.807, 2.05) is 0 Å². The summed E-state index contributed by atoms with van der Waals surface area (Å²) in [6, 6.07) is 0. The summed E-state index contributed by atoms with van der Waals surface area (Å²) in [5.74, 6) is -1.62. The lowest BCUT2D eigenvalue weighted by Crippen LogP contribution is -2.61. The van der Waals surface area contributed by atoms with Crippen molar-refractivity contribution >= 4 is 5.97 Å². The number of hydrogen-bond acceptors (Lipinski definition) is 8. The van der Waals surface area contributed by atoms with Gasteiger partial charge in [-0.2, -0.15) is 0 Å². The minimum atomic E-state index is -1.81. The average molecular weight is 304 g/mol. The highest BCUT2D eigenvalue weighted by Gasteiger charge is 2.48. The van der Waals surface area contributed by atoms with Gasteiger partial charge in [0.1, 0.15) is 29.8 Å². The largest absolute Gasteiger partial charge is 0.502 e. The molecule has 0 saturated carbocycles. The molecular weight excluding hydrogens is 288 g/mol. The van der Waals surface area contributed by atoms with Crippen LogP contribution in [0.5, 0.6) is 11.5 Å². The van der Waals surface area contributed by atoms with Crippen LogP contribution in [0.25, 0.3) is 0 Å². The summed E-state index contributed by atoms with van der Waals surface area (Å²) in [5.41, 5.74) is 0. The Morgan fingerprint density at radius 2 is 1.71 bits per heavy atom. The van der Waals surface area contributed by atoms with Crippen LogP contribution in [-0.4, -0.2) is 62.2 Å². The van der Waals surface area contributed by atoms with Crippen LogP contribution >= 0.6 is 0 Å². The molecule has 1 aromatic rings. The Balaban J connectivity index is 2.24. The van der Waals surface area contributed by atoms with Crippen molar-refractivity contribution in [2.24, 2.45) is 0 Å². The first-order chi connectivity index (χ1) is 9.73. The van der Waals surface area contributed by atoms with Gasteiger partial charge in [-0.15, -0.1) is 0 Å². The van der Waals surface area contributed by atoms with Crippen molar-refractivity contribution in [3.8, 4) is 11.5 Å². The molecule has 21 heavy (non-hydrogen) atoms. The van der Waals surface area contributed by atoms with Gasteiger partial charge in [-0.25, -0.2) is 4.79 Å². The molecule has 2 rings (SSSR count). The van der Waals surface area contributed by atoms with E-state index in [1.54, 1.807) is 0 Å². The summed E-state index contributed by atoms with van der Waals surface area (Å²) in [4.78, 5) is 11.0. The number of ether oxygens (including phenoxy) is 2. The number of aliphatic carboxylic acids is 1. The molecule has 5 N–H and O–H groups in total. The highest BCUT2D eigenvalue weighted by molar-refractivity contribution is 5.73. The van der Waals surface area contributed by atoms with E-state index in [2.05, 4.69) is 0 Å². The molecule has 1 fully saturated rings. The molecule has 1 aromatic heterocycles. The summed E-state index contributed by atoms with van der Waals surface area (Å²) in [5, 5.41) is 47.6. The van der Waals surface area contributed by atoms with Crippen molar-refractivity contribution in [1.82, 2.24) is 0 Å². The Morgan fingerprint density at radius 1 is 1.10 bits per heavy atom. The standard InChI is InChI=1S/C12H16O9/c1-3-5(13)9(4(2)19-3)20-12-8(16)6(14)7(15)10(21-12)11(17)18/h6-8,10,12-16H,1-2H3,(H,17,18)/t6-,7-,8+,10-,12+/m0/s1. The predicted molar refractivity (Wildman–Crippen MR) is 64.8 cm³/mol. The molecule has 0 spiro atoms. The van der Waals surface area contributed by atoms with Gasteiger partial charge >= 0.3 is 5.97 Å². The van der Waals surface area contributed by atoms with Crippen LogP contribution in [0.1, 0.15) is 11.5 Å². The van der Waals surface area contributed by atoms with Gasteiger partial charge < -0.3 is 39.4 Å². The SMILES string of the molecule is Cc1oc(C)c(O[C@@H]2O[C@H](C(=O)O)[C@@H](O)[C@H](O)[C@H]2O)c1O. The van der Waals surface area contributed by atoms with Crippen LogP contribution in [0.3, 0.4) is 0 Å². The number of carboxylic acids is 1. The van der Waals surface area contributed by atoms with Gasteiger partial charge in [-0.1, -0.05) is 0 Å². The molecule has 0 aliphatic carbocycles. The highest BCUT2D eigenvalue weighted by Crippen LogP contribution is 2.38. The van der Waals surface area contributed by atoms with E-state index in [1.165, 1.54) is 13.8 Å². The second-order valence-electron chi connectivity index (χ2n) is 4.75. The van der Waals surface area contributed by atoms with E-state index in [0.717, 1.165) is 0 Å². The van der Waals surface area contributed by atoms with E-state index in [0.29, 0.717) is 0 Å². The second kappa shape index (κ2) is 5.53. The van der Waals surface area contributed by atoms with E-state index < -0.39 is 36.7 Å². The average Bonchev–Trinajstić information content (AvgIpc) is 2.65. The summed E-state index contributed by atoms with van der Waals surface area (Å²) in [7, 11) is 0. The second-order valence-corrected chi connectivity index (χ2v) is 4.75. The quantitative estimate of drug-likeness (QED) is 0.467. The first-order valence-corrected chi connectivity index (χ1v) is 6.12. The molecule has 9 nitrogen and oxygen atoms in total. The van der Waals surface area contributed by atoms with Gasteiger partial charge in [0.05, 0.1) is 0 Å². The predicted octanol–water partition coefficient (Wildman–Crippen LogP) is -1.13. The highest BCUT2D eigenvalue weighted by atomic mass is 16.7.